The standard InChI is InChI=1S/C16H17N3O2S/c1-10-6-11(2)8-13(7-10)17-16(22)18-15-9-14(19(20)21)5-4-12(15)3/h4-9H,1-3H3,(H2,17,18,22). The van der Waals surface area contributed by atoms with Crippen molar-refractivity contribution in [1.29, 1.82) is 0 Å². The number of nitro groups is 1. The predicted octanol–water partition coefficient (Wildman–Crippen LogP) is 4.33. The molecule has 0 aliphatic rings. The van der Waals surface area contributed by atoms with Gasteiger partial charge >= 0.3 is 0 Å². The van der Waals surface area contributed by atoms with Crippen LogP contribution in [0.5, 0.6) is 0 Å². The zero-order valence-corrected chi connectivity index (χ0v) is 13.5. The Balaban J connectivity index is 2.15. The summed E-state index contributed by atoms with van der Waals surface area (Å²) in [4.78, 5) is 10.4. The number of hydrogen-bond donors (Lipinski definition) is 2. The fourth-order valence-electron chi connectivity index (χ4n) is 2.19. The van der Waals surface area contributed by atoms with Crippen LogP contribution in [0.4, 0.5) is 17.1 Å². The summed E-state index contributed by atoms with van der Waals surface area (Å²) in [5.41, 5.74) is 4.69. The number of benzene rings is 2. The van der Waals surface area contributed by atoms with Gasteiger partial charge in [0.25, 0.3) is 5.69 Å². The molecule has 2 N–H and O–H groups in total. The number of hydrogen-bond acceptors (Lipinski definition) is 3. The molecule has 114 valence electrons. The highest BCUT2D eigenvalue weighted by atomic mass is 32.1. The van der Waals surface area contributed by atoms with E-state index in [0.29, 0.717) is 10.8 Å². The second-order valence-corrected chi connectivity index (χ2v) is 5.62. The highest BCUT2D eigenvalue weighted by Crippen LogP contribution is 2.22. The molecule has 2 rings (SSSR count). The van der Waals surface area contributed by atoms with E-state index in [4.69, 9.17) is 12.2 Å². The van der Waals surface area contributed by atoms with Crippen molar-refractivity contribution >= 4 is 34.4 Å². The van der Waals surface area contributed by atoms with Crippen LogP contribution in [0.1, 0.15) is 16.7 Å². The Morgan fingerprint density at radius 2 is 1.68 bits per heavy atom. The highest BCUT2D eigenvalue weighted by Gasteiger charge is 2.09. The summed E-state index contributed by atoms with van der Waals surface area (Å²) in [5.74, 6) is 0. The Morgan fingerprint density at radius 1 is 1.05 bits per heavy atom. The summed E-state index contributed by atoms with van der Waals surface area (Å²) in [6.45, 7) is 5.89. The summed E-state index contributed by atoms with van der Waals surface area (Å²) < 4.78 is 0. The second kappa shape index (κ2) is 6.53. The second-order valence-electron chi connectivity index (χ2n) is 5.21. The van der Waals surface area contributed by atoms with Crippen LogP contribution in [-0.4, -0.2) is 10.0 Å². The molecule has 0 aromatic heterocycles. The van der Waals surface area contributed by atoms with Gasteiger partial charge in [-0.3, -0.25) is 10.1 Å². The molecular weight excluding hydrogens is 298 g/mol. The van der Waals surface area contributed by atoms with Crippen LogP contribution in [0.2, 0.25) is 0 Å². The molecular formula is C16H17N3O2S. The van der Waals surface area contributed by atoms with Crippen molar-refractivity contribution in [2.24, 2.45) is 0 Å². The lowest BCUT2D eigenvalue weighted by atomic mass is 10.1. The maximum Gasteiger partial charge on any atom is 0.271 e. The fraction of sp³-hybridized carbons (Fsp3) is 0.188. The van der Waals surface area contributed by atoms with Gasteiger partial charge in [-0.1, -0.05) is 12.1 Å². The van der Waals surface area contributed by atoms with E-state index in [9.17, 15) is 10.1 Å². The molecule has 0 radical (unpaired) electrons. The number of anilines is 2. The third kappa shape index (κ3) is 4.02. The van der Waals surface area contributed by atoms with Gasteiger partial charge in [0.15, 0.2) is 5.11 Å². The molecule has 0 aliphatic heterocycles. The first kappa shape index (κ1) is 15.9. The monoisotopic (exact) mass is 315 g/mol. The molecule has 0 unspecified atom stereocenters. The number of nitro benzene ring substituents is 1. The maximum atomic E-state index is 10.8. The van der Waals surface area contributed by atoms with E-state index in [2.05, 4.69) is 16.7 Å². The van der Waals surface area contributed by atoms with Crippen molar-refractivity contribution in [3.8, 4) is 0 Å². The van der Waals surface area contributed by atoms with Crippen LogP contribution in [-0.2, 0) is 0 Å². The van der Waals surface area contributed by atoms with Crippen LogP contribution >= 0.6 is 12.2 Å². The van der Waals surface area contributed by atoms with Crippen LogP contribution in [0.3, 0.4) is 0 Å². The minimum atomic E-state index is -0.426. The number of nitrogens with zero attached hydrogens (tertiary/aromatic N) is 1. The molecule has 22 heavy (non-hydrogen) atoms. The molecule has 2 aromatic rings. The molecule has 0 bridgehead atoms. The van der Waals surface area contributed by atoms with E-state index in [1.54, 1.807) is 6.07 Å². The van der Waals surface area contributed by atoms with Gasteiger partial charge in [-0.15, -0.1) is 0 Å². The van der Waals surface area contributed by atoms with Crippen molar-refractivity contribution in [3.63, 3.8) is 0 Å². The van der Waals surface area contributed by atoms with Gasteiger partial charge in [-0.05, 0) is 61.8 Å². The SMILES string of the molecule is Cc1cc(C)cc(NC(=S)Nc2cc([N+](=O)[O-])ccc2C)c1. The number of nitrogens with one attached hydrogen (secondary N) is 2. The van der Waals surface area contributed by atoms with E-state index < -0.39 is 4.92 Å². The van der Waals surface area contributed by atoms with Crippen LogP contribution in [0.15, 0.2) is 36.4 Å². The van der Waals surface area contributed by atoms with Crippen LogP contribution < -0.4 is 10.6 Å². The minimum absolute atomic E-state index is 0.0299. The largest absolute Gasteiger partial charge is 0.332 e. The van der Waals surface area contributed by atoms with Gasteiger partial charge in [0.1, 0.15) is 0 Å². The first-order valence-corrected chi connectivity index (χ1v) is 7.17. The highest BCUT2D eigenvalue weighted by molar-refractivity contribution is 7.80. The van der Waals surface area contributed by atoms with Crippen molar-refractivity contribution < 1.29 is 4.92 Å². The number of aryl methyl sites for hydroxylation is 3. The van der Waals surface area contributed by atoms with E-state index in [1.807, 2.05) is 32.9 Å². The van der Waals surface area contributed by atoms with Gasteiger partial charge in [-0.25, -0.2) is 0 Å². The number of non-ortho nitro benzene ring substituents is 1. The molecule has 0 amide bonds. The number of thiocarbonyl (C=S) groups is 1. The lowest BCUT2D eigenvalue weighted by Crippen LogP contribution is -2.19. The molecule has 0 spiro atoms. The summed E-state index contributed by atoms with van der Waals surface area (Å²) in [5, 5.41) is 17.3. The predicted molar refractivity (Wildman–Crippen MR) is 93.6 cm³/mol. The molecule has 6 heteroatoms. The van der Waals surface area contributed by atoms with E-state index >= 15 is 0 Å². The van der Waals surface area contributed by atoms with Gasteiger partial charge in [0.2, 0.25) is 0 Å². The van der Waals surface area contributed by atoms with E-state index in [0.717, 1.165) is 22.4 Å². The molecule has 5 nitrogen and oxygen atoms in total. The van der Waals surface area contributed by atoms with Crippen molar-refractivity contribution in [1.82, 2.24) is 0 Å². The molecule has 0 aliphatic carbocycles. The van der Waals surface area contributed by atoms with E-state index in [-0.39, 0.29) is 5.69 Å². The molecule has 0 heterocycles. The average Bonchev–Trinajstić information content (AvgIpc) is 2.39. The van der Waals surface area contributed by atoms with Crippen molar-refractivity contribution in [3.05, 3.63) is 63.2 Å². The fourth-order valence-corrected chi connectivity index (χ4v) is 2.42. The quantitative estimate of drug-likeness (QED) is 0.501. The minimum Gasteiger partial charge on any atom is -0.332 e. The lowest BCUT2D eigenvalue weighted by Gasteiger charge is -2.13. The Bertz CT molecular complexity index is 724. The average molecular weight is 315 g/mol. The van der Waals surface area contributed by atoms with Gasteiger partial charge in [-0.2, -0.15) is 0 Å². The topological polar surface area (TPSA) is 67.2 Å². The molecule has 0 saturated carbocycles. The van der Waals surface area contributed by atoms with Crippen LogP contribution in [0, 0.1) is 30.9 Å². The molecule has 0 saturated heterocycles. The first-order chi connectivity index (χ1) is 10.3. The third-order valence-electron chi connectivity index (χ3n) is 3.16. The van der Waals surface area contributed by atoms with Crippen LogP contribution in [0.25, 0.3) is 0 Å². The first-order valence-electron chi connectivity index (χ1n) is 6.76. The van der Waals surface area contributed by atoms with E-state index in [1.165, 1.54) is 12.1 Å². The Labute approximate surface area is 134 Å². The van der Waals surface area contributed by atoms with Gasteiger partial charge in [0, 0.05) is 23.5 Å². The Morgan fingerprint density at radius 3 is 2.27 bits per heavy atom. The Hall–Kier alpha value is -2.47. The molecule has 0 fully saturated rings. The van der Waals surface area contributed by atoms with Crippen molar-refractivity contribution in [2.45, 2.75) is 20.8 Å². The summed E-state index contributed by atoms with van der Waals surface area (Å²) >= 11 is 5.28. The maximum absolute atomic E-state index is 10.8. The zero-order valence-electron chi connectivity index (χ0n) is 12.6. The molecule has 2 aromatic carbocycles. The summed E-state index contributed by atoms with van der Waals surface area (Å²) in [6, 6.07) is 10.7. The summed E-state index contributed by atoms with van der Waals surface area (Å²) in [7, 11) is 0. The summed E-state index contributed by atoms with van der Waals surface area (Å²) in [6.07, 6.45) is 0. The number of rotatable bonds is 3. The van der Waals surface area contributed by atoms with Crippen molar-refractivity contribution in [2.75, 3.05) is 10.6 Å². The van der Waals surface area contributed by atoms with Gasteiger partial charge < -0.3 is 10.6 Å². The zero-order chi connectivity index (χ0) is 16.3. The molecule has 0 atom stereocenters. The normalized spacial score (nSPS) is 10.1. The third-order valence-corrected chi connectivity index (χ3v) is 3.36. The Kier molecular flexibility index (Phi) is 4.72. The van der Waals surface area contributed by atoms with Gasteiger partial charge in [0.05, 0.1) is 4.92 Å². The lowest BCUT2D eigenvalue weighted by molar-refractivity contribution is -0.384. The smallest absolute Gasteiger partial charge is 0.271 e.